The predicted octanol–water partition coefficient (Wildman–Crippen LogP) is 3.07. The maximum Gasteiger partial charge on any atom is 0.153 e. The third-order valence-corrected chi connectivity index (χ3v) is 5.59. The van der Waals surface area contributed by atoms with Gasteiger partial charge in [-0.05, 0) is 24.6 Å². The van der Waals surface area contributed by atoms with Gasteiger partial charge >= 0.3 is 0 Å². The molecule has 1 unspecified atom stereocenters. The molecule has 0 aliphatic rings. The van der Waals surface area contributed by atoms with Gasteiger partial charge in [-0.1, -0.05) is 19.1 Å². The smallest absolute Gasteiger partial charge is 0.153 e. The highest BCUT2D eigenvalue weighted by molar-refractivity contribution is 7.99. The zero-order chi connectivity index (χ0) is 18.5. The number of nitriles is 1. The minimum absolute atomic E-state index is 0.511. The van der Waals surface area contributed by atoms with Crippen LogP contribution in [0.5, 0.6) is 5.75 Å². The number of benzene rings is 1. The molecule has 0 fully saturated rings. The van der Waals surface area contributed by atoms with E-state index in [1.54, 1.807) is 13.3 Å². The second kappa shape index (κ2) is 8.30. The van der Waals surface area contributed by atoms with E-state index in [4.69, 9.17) is 10.00 Å². The molecule has 136 valence electrons. The Morgan fingerprint density at radius 2 is 2.19 bits per heavy atom. The van der Waals surface area contributed by atoms with Crippen LogP contribution in [0.4, 0.5) is 0 Å². The van der Waals surface area contributed by atoms with Crippen LogP contribution in [0.2, 0.25) is 0 Å². The monoisotopic (exact) mass is 369 g/mol. The largest absolute Gasteiger partial charge is 0.496 e. The lowest BCUT2D eigenvalue weighted by atomic mass is 10.2. The molecule has 2 aromatic heterocycles. The topological polar surface area (TPSA) is 67.3 Å². The Kier molecular flexibility index (Phi) is 5.86. The summed E-state index contributed by atoms with van der Waals surface area (Å²) in [6.45, 7) is 3.86. The lowest BCUT2D eigenvalue weighted by Crippen LogP contribution is -2.22. The minimum atomic E-state index is 0.511. The first kappa shape index (κ1) is 18.4. The maximum atomic E-state index is 9.15. The molecule has 1 aromatic carbocycles. The van der Waals surface area contributed by atoms with Gasteiger partial charge in [-0.15, -0.1) is 11.8 Å². The Bertz CT molecular complexity index is 924. The van der Waals surface area contributed by atoms with Crippen LogP contribution in [0.1, 0.15) is 18.2 Å². The molecular formula is C19H23N5OS. The van der Waals surface area contributed by atoms with E-state index in [0.717, 1.165) is 29.4 Å². The third-order valence-electron chi connectivity index (χ3n) is 4.20. The summed E-state index contributed by atoms with van der Waals surface area (Å²) in [5, 5.41) is 17.0. The molecule has 2 heterocycles. The number of imidazole rings is 1. The summed E-state index contributed by atoms with van der Waals surface area (Å²) in [5.74, 6) is 2.45. The first-order valence-electron chi connectivity index (χ1n) is 8.52. The van der Waals surface area contributed by atoms with E-state index in [2.05, 4.69) is 29.5 Å². The van der Waals surface area contributed by atoms with Gasteiger partial charge in [0.25, 0.3) is 0 Å². The molecule has 3 aromatic rings. The Morgan fingerprint density at radius 3 is 2.96 bits per heavy atom. The number of hydrogen-bond donors (Lipinski definition) is 1. The SMILES string of the molecule is COc1ccccc1SCC(C)CNCc1cn(C)c2c(C#N)cnn12. The summed E-state index contributed by atoms with van der Waals surface area (Å²) in [7, 11) is 3.64. The van der Waals surface area contributed by atoms with Crippen LogP contribution < -0.4 is 10.1 Å². The quantitative estimate of drug-likeness (QED) is 0.618. The molecule has 26 heavy (non-hydrogen) atoms. The average Bonchev–Trinajstić information content (AvgIpc) is 3.22. The van der Waals surface area contributed by atoms with Gasteiger partial charge in [-0.2, -0.15) is 10.4 Å². The number of methoxy groups -OCH3 is 1. The Labute approximate surface area is 157 Å². The van der Waals surface area contributed by atoms with E-state index in [9.17, 15) is 0 Å². The van der Waals surface area contributed by atoms with Crippen LogP contribution in [0.3, 0.4) is 0 Å². The molecule has 0 spiro atoms. The lowest BCUT2D eigenvalue weighted by Gasteiger charge is -2.13. The molecule has 1 N–H and O–H groups in total. The van der Waals surface area contributed by atoms with Gasteiger partial charge < -0.3 is 14.6 Å². The molecule has 0 saturated carbocycles. The van der Waals surface area contributed by atoms with Crippen molar-refractivity contribution in [3.8, 4) is 11.8 Å². The van der Waals surface area contributed by atoms with E-state index in [0.29, 0.717) is 18.0 Å². The summed E-state index contributed by atoms with van der Waals surface area (Å²) < 4.78 is 9.18. The predicted molar refractivity (Wildman–Crippen MR) is 103 cm³/mol. The first-order chi connectivity index (χ1) is 12.6. The fourth-order valence-electron chi connectivity index (χ4n) is 2.91. The number of para-hydroxylation sites is 1. The number of rotatable bonds is 8. The van der Waals surface area contributed by atoms with Crippen molar-refractivity contribution >= 4 is 17.4 Å². The van der Waals surface area contributed by atoms with Gasteiger partial charge in [0.1, 0.15) is 17.4 Å². The second-order valence-electron chi connectivity index (χ2n) is 6.33. The number of nitrogens with zero attached hydrogens (tertiary/aromatic N) is 4. The maximum absolute atomic E-state index is 9.15. The van der Waals surface area contributed by atoms with Crippen LogP contribution in [0, 0.1) is 17.2 Å². The normalized spacial score (nSPS) is 12.2. The highest BCUT2D eigenvalue weighted by atomic mass is 32.2. The van der Waals surface area contributed by atoms with Crippen molar-refractivity contribution in [2.24, 2.45) is 13.0 Å². The van der Waals surface area contributed by atoms with Gasteiger partial charge in [0.05, 0.1) is 19.0 Å². The number of nitrogens with one attached hydrogen (secondary N) is 1. The van der Waals surface area contributed by atoms with Crippen LogP contribution in [0.15, 0.2) is 41.6 Å². The molecule has 1 atom stereocenters. The van der Waals surface area contributed by atoms with E-state index >= 15 is 0 Å². The lowest BCUT2D eigenvalue weighted by molar-refractivity contribution is 0.404. The van der Waals surface area contributed by atoms with Crippen molar-refractivity contribution in [2.75, 3.05) is 19.4 Å². The summed E-state index contributed by atoms with van der Waals surface area (Å²) in [6, 6.07) is 10.3. The van der Waals surface area contributed by atoms with E-state index in [-0.39, 0.29) is 0 Å². The van der Waals surface area contributed by atoms with E-state index < -0.39 is 0 Å². The van der Waals surface area contributed by atoms with Crippen molar-refractivity contribution in [3.05, 3.63) is 47.9 Å². The summed E-state index contributed by atoms with van der Waals surface area (Å²) >= 11 is 1.82. The molecule has 0 radical (unpaired) electrons. The first-order valence-corrected chi connectivity index (χ1v) is 9.51. The number of ether oxygens (including phenoxy) is 1. The third kappa shape index (κ3) is 3.87. The fourth-order valence-corrected chi connectivity index (χ4v) is 3.96. The van der Waals surface area contributed by atoms with Crippen LogP contribution in [0.25, 0.3) is 5.65 Å². The van der Waals surface area contributed by atoms with Crippen molar-refractivity contribution in [1.29, 1.82) is 5.26 Å². The Hall–Kier alpha value is -2.43. The molecule has 7 heteroatoms. The number of fused-ring (bicyclic) bond motifs is 1. The van der Waals surface area contributed by atoms with Crippen molar-refractivity contribution in [2.45, 2.75) is 18.4 Å². The molecule has 0 saturated heterocycles. The average molecular weight is 369 g/mol. The van der Waals surface area contributed by atoms with Crippen LogP contribution in [-0.4, -0.2) is 33.6 Å². The van der Waals surface area contributed by atoms with Crippen molar-refractivity contribution in [3.63, 3.8) is 0 Å². The number of thioether (sulfide) groups is 1. The van der Waals surface area contributed by atoms with Gasteiger partial charge in [-0.25, -0.2) is 4.52 Å². The van der Waals surface area contributed by atoms with Gasteiger partial charge in [-0.3, -0.25) is 0 Å². The number of aryl methyl sites for hydroxylation is 1. The summed E-state index contributed by atoms with van der Waals surface area (Å²) in [5.41, 5.74) is 2.48. The van der Waals surface area contributed by atoms with Gasteiger partial charge in [0.15, 0.2) is 5.65 Å². The number of hydrogen-bond acceptors (Lipinski definition) is 5. The van der Waals surface area contributed by atoms with Crippen molar-refractivity contribution in [1.82, 2.24) is 19.5 Å². The number of aromatic nitrogens is 3. The zero-order valence-electron chi connectivity index (χ0n) is 15.3. The second-order valence-corrected chi connectivity index (χ2v) is 7.40. The van der Waals surface area contributed by atoms with Crippen LogP contribution in [-0.2, 0) is 13.6 Å². The molecule has 6 nitrogen and oxygen atoms in total. The summed E-state index contributed by atoms with van der Waals surface area (Å²) in [6.07, 6.45) is 3.63. The summed E-state index contributed by atoms with van der Waals surface area (Å²) in [4.78, 5) is 1.17. The molecule has 0 aliphatic carbocycles. The van der Waals surface area contributed by atoms with E-state index in [1.165, 1.54) is 4.90 Å². The van der Waals surface area contributed by atoms with Gasteiger partial charge in [0.2, 0.25) is 0 Å². The highest BCUT2D eigenvalue weighted by Crippen LogP contribution is 2.29. The minimum Gasteiger partial charge on any atom is -0.496 e. The highest BCUT2D eigenvalue weighted by Gasteiger charge is 2.12. The molecule has 0 aliphatic heterocycles. The molecular weight excluding hydrogens is 346 g/mol. The van der Waals surface area contributed by atoms with Crippen LogP contribution >= 0.6 is 11.8 Å². The fraction of sp³-hybridized carbons (Fsp3) is 0.368. The molecule has 0 bridgehead atoms. The Morgan fingerprint density at radius 1 is 1.38 bits per heavy atom. The molecule has 3 rings (SSSR count). The standard InChI is InChI=1S/C19H23N5OS/c1-14(13-26-18-7-5-4-6-17(18)25-3)9-21-11-16-12-23(2)19-15(8-20)10-22-24(16)19/h4-7,10,12,14,21H,9,11,13H2,1-3H3. The zero-order valence-corrected chi connectivity index (χ0v) is 16.1. The van der Waals surface area contributed by atoms with Gasteiger partial charge in [0, 0.05) is 30.4 Å². The Balaban J connectivity index is 1.52. The van der Waals surface area contributed by atoms with Crippen molar-refractivity contribution < 1.29 is 4.74 Å². The van der Waals surface area contributed by atoms with E-state index in [1.807, 2.05) is 52.3 Å². The molecule has 0 amide bonds.